The summed E-state index contributed by atoms with van der Waals surface area (Å²) in [7, 11) is 0. The molecule has 1 N–H and O–H groups in total. The molecule has 3 aliphatic heterocycles. The standard InChI is InChI=1S/C17H25N3O/c1-14-3-2-4-16(9-14)20-7-5-19(6-8-20)13-17-10-15(11-21-17)18-12-17/h2-4,9,15,18H,5-8,10-13H2,1H3. The first kappa shape index (κ1) is 13.6. The van der Waals surface area contributed by atoms with E-state index in [-0.39, 0.29) is 5.60 Å². The highest BCUT2D eigenvalue weighted by atomic mass is 16.5. The third-order valence-corrected chi connectivity index (χ3v) is 5.17. The fraction of sp³-hybridized carbons (Fsp3) is 0.647. The normalized spacial score (nSPS) is 32.8. The second kappa shape index (κ2) is 5.27. The number of piperazine rings is 1. The van der Waals surface area contributed by atoms with Crippen molar-refractivity contribution in [1.29, 1.82) is 0 Å². The minimum atomic E-state index is 0.107. The van der Waals surface area contributed by atoms with E-state index in [2.05, 4.69) is 46.3 Å². The first-order valence-electron chi connectivity index (χ1n) is 8.14. The molecule has 2 atom stereocenters. The van der Waals surface area contributed by atoms with Crippen molar-refractivity contribution in [3.63, 3.8) is 0 Å². The highest BCUT2D eigenvalue weighted by molar-refractivity contribution is 5.48. The molecule has 3 saturated heterocycles. The quantitative estimate of drug-likeness (QED) is 0.905. The number of anilines is 1. The van der Waals surface area contributed by atoms with Crippen molar-refractivity contribution in [2.24, 2.45) is 0 Å². The number of aryl methyl sites for hydroxylation is 1. The molecule has 0 saturated carbocycles. The van der Waals surface area contributed by atoms with E-state index in [0.717, 1.165) is 45.9 Å². The highest BCUT2D eigenvalue weighted by Gasteiger charge is 2.47. The Labute approximate surface area is 127 Å². The third kappa shape index (κ3) is 2.68. The molecule has 2 bridgehead atoms. The van der Waals surface area contributed by atoms with Gasteiger partial charge in [-0.25, -0.2) is 0 Å². The molecule has 114 valence electrons. The van der Waals surface area contributed by atoms with Crippen LogP contribution in [0, 0.1) is 6.92 Å². The van der Waals surface area contributed by atoms with E-state index in [9.17, 15) is 0 Å². The molecule has 0 aromatic heterocycles. The fourth-order valence-corrected chi connectivity index (χ4v) is 3.99. The van der Waals surface area contributed by atoms with Crippen LogP contribution in [0.4, 0.5) is 5.69 Å². The van der Waals surface area contributed by atoms with Gasteiger partial charge in [-0.05, 0) is 31.0 Å². The predicted molar refractivity (Wildman–Crippen MR) is 84.9 cm³/mol. The summed E-state index contributed by atoms with van der Waals surface area (Å²) >= 11 is 0. The molecule has 0 amide bonds. The molecule has 4 rings (SSSR count). The summed E-state index contributed by atoms with van der Waals surface area (Å²) in [4.78, 5) is 5.09. The smallest absolute Gasteiger partial charge is 0.0948 e. The SMILES string of the molecule is Cc1cccc(N2CCN(CC34CNC(CO3)C4)CC2)c1. The zero-order chi connectivity index (χ0) is 14.3. The van der Waals surface area contributed by atoms with Gasteiger partial charge in [0, 0.05) is 51.0 Å². The van der Waals surface area contributed by atoms with Crippen LogP contribution in [-0.2, 0) is 4.74 Å². The van der Waals surface area contributed by atoms with E-state index in [4.69, 9.17) is 4.74 Å². The van der Waals surface area contributed by atoms with Gasteiger partial charge in [0.1, 0.15) is 0 Å². The fourth-order valence-electron chi connectivity index (χ4n) is 3.99. The molecule has 1 aromatic carbocycles. The van der Waals surface area contributed by atoms with E-state index in [1.54, 1.807) is 0 Å². The Morgan fingerprint density at radius 1 is 1.29 bits per heavy atom. The highest BCUT2D eigenvalue weighted by Crippen LogP contribution is 2.32. The van der Waals surface area contributed by atoms with Gasteiger partial charge in [-0.3, -0.25) is 4.90 Å². The van der Waals surface area contributed by atoms with Crippen LogP contribution in [0.3, 0.4) is 0 Å². The van der Waals surface area contributed by atoms with Gasteiger partial charge in [-0.15, -0.1) is 0 Å². The number of nitrogens with zero attached hydrogens (tertiary/aromatic N) is 2. The van der Waals surface area contributed by atoms with Crippen LogP contribution >= 0.6 is 0 Å². The van der Waals surface area contributed by atoms with Gasteiger partial charge in [-0.1, -0.05) is 12.1 Å². The number of ether oxygens (including phenoxy) is 1. The van der Waals surface area contributed by atoms with E-state index in [1.807, 2.05) is 0 Å². The summed E-state index contributed by atoms with van der Waals surface area (Å²) in [6.45, 7) is 9.73. The monoisotopic (exact) mass is 287 g/mol. The molecular formula is C17H25N3O. The number of benzene rings is 1. The molecule has 0 radical (unpaired) electrons. The van der Waals surface area contributed by atoms with E-state index in [1.165, 1.54) is 17.7 Å². The lowest BCUT2D eigenvalue weighted by atomic mass is 10.0. The molecule has 3 heterocycles. The van der Waals surface area contributed by atoms with Crippen molar-refractivity contribution in [3.8, 4) is 0 Å². The maximum atomic E-state index is 6.05. The molecular weight excluding hydrogens is 262 g/mol. The lowest BCUT2D eigenvalue weighted by molar-refractivity contribution is -0.0306. The Kier molecular flexibility index (Phi) is 3.40. The van der Waals surface area contributed by atoms with Crippen LogP contribution in [0.1, 0.15) is 12.0 Å². The van der Waals surface area contributed by atoms with Crippen LogP contribution in [-0.4, -0.2) is 62.4 Å². The molecule has 3 fully saturated rings. The van der Waals surface area contributed by atoms with Crippen molar-refractivity contribution in [3.05, 3.63) is 29.8 Å². The van der Waals surface area contributed by atoms with Crippen LogP contribution in [0.5, 0.6) is 0 Å². The average Bonchev–Trinajstić information content (AvgIpc) is 3.08. The second-order valence-corrected chi connectivity index (χ2v) is 6.88. The van der Waals surface area contributed by atoms with Crippen LogP contribution in [0.15, 0.2) is 24.3 Å². The van der Waals surface area contributed by atoms with Crippen molar-refractivity contribution in [2.45, 2.75) is 25.0 Å². The van der Waals surface area contributed by atoms with Gasteiger partial charge in [0.2, 0.25) is 0 Å². The summed E-state index contributed by atoms with van der Waals surface area (Å²) in [6.07, 6.45) is 1.20. The molecule has 3 aliphatic rings. The zero-order valence-electron chi connectivity index (χ0n) is 12.8. The Morgan fingerprint density at radius 2 is 2.14 bits per heavy atom. The second-order valence-electron chi connectivity index (χ2n) is 6.88. The first-order valence-corrected chi connectivity index (χ1v) is 8.14. The van der Waals surface area contributed by atoms with E-state index in [0.29, 0.717) is 6.04 Å². The predicted octanol–water partition coefficient (Wildman–Crippen LogP) is 1.25. The van der Waals surface area contributed by atoms with Gasteiger partial charge < -0.3 is 15.0 Å². The Bertz CT molecular complexity index is 503. The van der Waals surface area contributed by atoms with Gasteiger partial charge in [0.25, 0.3) is 0 Å². The van der Waals surface area contributed by atoms with Crippen molar-refractivity contribution in [2.75, 3.05) is 50.8 Å². The Balaban J connectivity index is 1.34. The maximum absolute atomic E-state index is 6.05. The molecule has 4 nitrogen and oxygen atoms in total. The van der Waals surface area contributed by atoms with Crippen LogP contribution < -0.4 is 10.2 Å². The van der Waals surface area contributed by atoms with Gasteiger partial charge in [-0.2, -0.15) is 0 Å². The van der Waals surface area contributed by atoms with Gasteiger partial charge in [0.05, 0.1) is 12.2 Å². The molecule has 0 aliphatic carbocycles. The van der Waals surface area contributed by atoms with Crippen molar-refractivity contribution in [1.82, 2.24) is 10.2 Å². The zero-order valence-corrected chi connectivity index (χ0v) is 12.8. The number of hydrogen-bond donors (Lipinski definition) is 1. The number of hydrogen-bond acceptors (Lipinski definition) is 4. The lowest BCUT2D eigenvalue weighted by Crippen LogP contribution is -2.53. The maximum Gasteiger partial charge on any atom is 0.0948 e. The summed E-state index contributed by atoms with van der Waals surface area (Å²) in [5, 5.41) is 3.57. The number of rotatable bonds is 3. The topological polar surface area (TPSA) is 27.7 Å². The van der Waals surface area contributed by atoms with Gasteiger partial charge >= 0.3 is 0 Å². The molecule has 0 spiro atoms. The number of fused-ring (bicyclic) bond motifs is 2. The van der Waals surface area contributed by atoms with E-state index >= 15 is 0 Å². The summed E-state index contributed by atoms with van der Waals surface area (Å²) < 4.78 is 6.05. The van der Waals surface area contributed by atoms with E-state index < -0.39 is 0 Å². The summed E-state index contributed by atoms with van der Waals surface area (Å²) in [5.74, 6) is 0. The molecule has 21 heavy (non-hydrogen) atoms. The minimum absolute atomic E-state index is 0.107. The molecule has 1 aromatic rings. The summed E-state index contributed by atoms with van der Waals surface area (Å²) in [5.41, 5.74) is 2.82. The van der Waals surface area contributed by atoms with Crippen molar-refractivity contribution >= 4 is 5.69 Å². The van der Waals surface area contributed by atoms with Crippen molar-refractivity contribution < 1.29 is 4.74 Å². The number of nitrogens with one attached hydrogen (secondary N) is 1. The average molecular weight is 287 g/mol. The third-order valence-electron chi connectivity index (χ3n) is 5.17. The van der Waals surface area contributed by atoms with Gasteiger partial charge in [0.15, 0.2) is 0 Å². The molecule has 2 unspecified atom stereocenters. The Hall–Kier alpha value is -1.10. The lowest BCUT2D eigenvalue weighted by Gasteiger charge is -2.40. The Morgan fingerprint density at radius 3 is 2.76 bits per heavy atom. The largest absolute Gasteiger partial charge is 0.371 e. The minimum Gasteiger partial charge on any atom is -0.371 e. The number of morpholine rings is 1. The molecule has 4 heteroatoms. The van der Waals surface area contributed by atoms with Crippen LogP contribution in [0.25, 0.3) is 0 Å². The van der Waals surface area contributed by atoms with Crippen LogP contribution in [0.2, 0.25) is 0 Å². The summed E-state index contributed by atoms with van der Waals surface area (Å²) in [6, 6.07) is 9.46. The first-order chi connectivity index (χ1) is 10.2.